The van der Waals surface area contributed by atoms with E-state index in [1.807, 2.05) is 18.7 Å². The van der Waals surface area contributed by atoms with Crippen LogP contribution < -0.4 is 5.11 Å². The summed E-state index contributed by atoms with van der Waals surface area (Å²) in [4.78, 5) is 13.1. The molecule has 0 unspecified atom stereocenters. The van der Waals surface area contributed by atoms with Crippen LogP contribution >= 0.6 is 24.0 Å². The molecule has 0 heterocycles. The summed E-state index contributed by atoms with van der Waals surface area (Å²) in [7, 11) is 2.40. The molecule has 0 spiro atoms. The predicted molar refractivity (Wildman–Crippen MR) is 69.2 cm³/mol. The average molecular weight is 278 g/mol. The first-order valence-electron chi connectivity index (χ1n) is 5.02. The van der Waals surface area contributed by atoms with Crippen molar-refractivity contribution in [3.05, 3.63) is 10.9 Å². The van der Waals surface area contributed by atoms with E-state index in [0.29, 0.717) is 17.4 Å². The number of methoxy groups -OCH3 is 2. The first-order chi connectivity index (χ1) is 8.01. The number of rotatable bonds is 5. The highest BCUT2D eigenvalue weighted by molar-refractivity contribution is 8.26. The lowest BCUT2D eigenvalue weighted by molar-refractivity contribution is -0.353. The van der Waals surface area contributed by atoms with Gasteiger partial charge in [0.05, 0.1) is 13.1 Å². The van der Waals surface area contributed by atoms with Crippen LogP contribution in [0.5, 0.6) is 0 Å². The topological polar surface area (TPSA) is 61.8 Å². The van der Waals surface area contributed by atoms with Gasteiger partial charge >= 0.3 is 5.97 Å². The van der Waals surface area contributed by atoms with Crippen molar-refractivity contribution in [1.82, 2.24) is 4.90 Å². The summed E-state index contributed by atoms with van der Waals surface area (Å²) in [5.74, 6) is -1.48. The molecule has 0 aromatic carbocycles. The molecule has 0 atom stereocenters. The van der Waals surface area contributed by atoms with Crippen molar-refractivity contribution in [3.63, 3.8) is 0 Å². The largest absolute Gasteiger partial charge is 0.616 e. The van der Waals surface area contributed by atoms with Crippen LogP contribution in [0.3, 0.4) is 0 Å². The molecule has 0 aromatic heterocycles. The summed E-state index contributed by atoms with van der Waals surface area (Å²) < 4.78 is 9.46. The van der Waals surface area contributed by atoms with Gasteiger partial charge in [0.15, 0.2) is 0 Å². The Kier molecular flexibility index (Phi) is 7.73. The third kappa shape index (κ3) is 4.82. The quantitative estimate of drug-likeness (QED) is 0.317. The van der Waals surface area contributed by atoms with Gasteiger partial charge in [0, 0.05) is 13.1 Å². The molecule has 0 amide bonds. The molecule has 0 aliphatic rings. The van der Waals surface area contributed by atoms with E-state index in [-0.39, 0.29) is 4.91 Å². The zero-order chi connectivity index (χ0) is 13.4. The lowest BCUT2D eigenvalue weighted by Crippen LogP contribution is -2.28. The standard InChI is InChI=1S/C10H17NO4S2/c1-5-11(6-2)10(16)17-7(8(12)14-3)9(13)15-4/h12H,5-6H2,1-4H3/p-1/b8-7+. The Balaban J connectivity index is 4.90. The average Bonchev–Trinajstić information content (AvgIpc) is 2.35. The minimum atomic E-state index is -0.739. The molecule has 0 rings (SSSR count). The fourth-order valence-corrected chi connectivity index (χ4v) is 2.39. The predicted octanol–water partition coefficient (Wildman–Crippen LogP) is 0.695. The minimum Gasteiger partial charge on any atom is -0.616 e. The Morgan fingerprint density at radius 3 is 2.18 bits per heavy atom. The van der Waals surface area contributed by atoms with E-state index in [2.05, 4.69) is 9.47 Å². The van der Waals surface area contributed by atoms with Crippen molar-refractivity contribution in [2.45, 2.75) is 13.8 Å². The van der Waals surface area contributed by atoms with E-state index in [9.17, 15) is 9.90 Å². The molecular formula is C10H16NO4S2-. The molecule has 0 N–H and O–H groups in total. The van der Waals surface area contributed by atoms with Gasteiger partial charge in [0.25, 0.3) is 0 Å². The SMILES string of the molecule is CCN(CC)C(=S)S/C(C(=O)OC)=C(\[O-])OC. The van der Waals surface area contributed by atoms with Gasteiger partial charge in [0.2, 0.25) is 0 Å². The second-order valence-electron chi connectivity index (χ2n) is 2.85. The van der Waals surface area contributed by atoms with Gasteiger partial charge in [-0.15, -0.1) is 0 Å². The Bertz CT molecular complexity index is 313. The van der Waals surface area contributed by atoms with Crippen LogP contribution in [-0.4, -0.2) is 42.5 Å². The summed E-state index contributed by atoms with van der Waals surface area (Å²) in [6, 6.07) is 0. The third-order valence-corrected chi connectivity index (χ3v) is 3.43. The number of hydrogen-bond acceptors (Lipinski definition) is 6. The molecular weight excluding hydrogens is 262 g/mol. The highest BCUT2D eigenvalue weighted by atomic mass is 32.2. The van der Waals surface area contributed by atoms with Crippen LogP contribution in [0.4, 0.5) is 0 Å². The number of hydrogen-bond donors (Lipinski definition) is 0. The lowest BCUT2D eigenvalue weighted by Gasteiger charge is -2.22. The van der Waals surface area contributed by atoms with Crippen LogP contribution in [0.2, 0.25) is 0 Å². The first-order valence-corrected chi connectivity index (χ1v) is 6.24. The third-order valence-electron chi connectivity index (χ3n) is 1.95. The van der Waals surface area contributed by atoms with Crippen molar-refractivity contribution in [1.29, 1.82) is 0 Å². The van der Waals surface area contributed by atoms with Crippen molar-refractivity contribution in [2.75, 3.05) is 27.3 Å². The first kappa shape index (κ1) is 16.1. The summed E-state index contributed by atoms with van der Waals surface area (Å²) in [5, 5.41) is 11.4. The normalized spacial score (nSPS) is 11.5. The van der Waals surface area contributed by atoms with Crippen LogP contribution in [-0.2, 0) is 14.3 Å². The van der Waals surface area contributed by atoms with E-state index in [1.54, 1.807) is 0 Å². The van der Waals surface area contributed by atoms with Crippen molar-refractivity contribution >= 4 is 34.3 Å². The Hall–Kier alpha value is -0.950. The second kappa shape index (κ2) is 8.19. The number of esters is 1. The number of carbonyl (C=O) groups excluding carboxylic acids is 1. The molecule has 0 bridgehead atoms. The van der Waals surface area contributed by atoms with Crippen LogP contribution in [0.1, 0.15) is 13.8 Å². The van der Waals surface area contributed by atoms with Crippen LogP contribution in [0.25, 0.3) is 0 Å². The molecule has 0 aliphatic heterocycles. The van der Waals surface area contributed by atoms with E-state index in [1.165, 1.54) is 14.2 Å². The van der Waals surface area contributed by atoms with Gasteiger partial charge in [-0.05, 0) is 21.0 Å². The summed E-state index contributed by atoms with van der Waals surface area (Å²) in [6.07, 6.45) is 0. The maximum absolute atomic E-state index is 11.4. The zero-order valence-electron chi connectivity index (χ0n) is 10.3. The van der Waals surface area contributed by atoms with E-state index in [4.69, 9.17) is 12.2 Å². The molecule has 0 fully saturated rings. The molecule has 98 valence electrons. The van der Waals surface area contributed by atoms with Crippen molar-refractivity contribution in [2.24, 2.45) is 0 Å². The molecule has 0 aliphatic carbocycles. The lowest BCUT2D eigenvalue weighted by atomic mass is 10.6. The molecule has 17 heavy (non-hydrogen) atoms. The van der Waals surface area contributed by atoms with E-state index < -0.39 is 11.9 Å². The van der Waals surface area contributed by atoms with Crippen LogP contribution in [0.15, 0.2) is 10.9 Å². The fourth-order valence-electron chi connectivity index (χ4n) is 0.986. The monoisotopic (exact) mass is 278 g/mol. The molecule has 7 heteroatoms. The van der Waals surface area contributed by atoms with Gasteiger partial charge in [0.1, 0.15) is 9.23 Å². The zero-order valence-corrected chi connectivity index (χ0v) is 11.9. The van der Waals surface area contributed by atoms with Gasteiger partial charge in [-0.3, -0.25) is 0 Å². The second-order valence-corrected chi connectivity index (χ2v) is 4.50. The maximum atomic E-state index is 11.4. The summed E-state index contributed by atoms with van der Waals surface area (Å²) in [5.41, 5.74) is 0. The molecule has 0 aromatic rings. The smallest absolute Gasteiger partial charge is 0.346 e. The van der Waals surface area contributed by atoms with Gasteiger partial charge < -0.3 is 19.5 Å². The highest BCUT2D eigenvalue weighted by Crippen LogP contribution is 2.23. The number of thioether (sulfide) groups is 1. The molecule has 0 saturated heterocycles. The van der Waals surface area contributed by atoms with Gasteiger partial charge in [-0.2, -0.15) is 0 Å². The molecule has 0 radical (unpaired) electrons. The van der Waals surface area contributed by atoms with E-state index >= 15 is 0 Å². The van der Waals surface area contributed by atoms with Crippen molar-refractivity contribution in [3.8, 4) is 0 Å². The van der Waals surface area contributed by atoms with Gasteiger partial charge in [-0.1, -0.05) is 24.0 Å². The number of carbonyl (C=O) groups is 1. The molecule has 0 saturated carbocycles. The maximum Gasteiger partial charge on any atom is 0.346 e. The Morgan fingerprint density at radius 1 is 1.29 bits per heavy atom. The van der Waals surface area contributed by atoms with E-state index in [0.717, 1.165) is 11.8 Å². The van der Waals surface area contributed by atoms with Gasteiger partial charge in [-0.25, -0.2) is 4.79 Å². The number of nitrogens with zero attached hydrogens (tertiary/aromatic N) is 1. The summed E-state index contributed by atoms with van der Waals surface area (Å²) >= 11 is 6.03. The number of thiocarbonyl (C=S) groups is 1. The fraction of sp³-hybridized carbons (Fsp3) is 0.600. The minimum absolute atomic E-state index is 0.160. The highest BCUT2D eigenvalue weighted by Gasteiger charge is 2.17. The Morgan fingerprint density at radius 2 is 1.82 bits per heavy atom. The number of ether oxygens (including phenoxy) is 2. The van der Waals surface area contributed by atoms with Crippen LogP contribution in [0, 0.1) is 0 Å². The Labute approximate surface area is 111 Å². The van der Waals surface area contributed by atoms with Crippen molar-refractivity contribution < 1.29 is 19.4 Å². The molecule has 5 nitrogen and oxygen atoms in total. The summed E-state index contributed by atoms with van der Waals surface area (Å²) in [6.45, 7) is 5.29.